The fourth-order valence-electron chi connectivity index (χ4n) is 3.65. The van der Waals surface area contributed by atoms with Gasteiger partial charge in [0.15, 0.2) is 0 Å². The Balaban J connectivity index is 0.000000136. The van der Waals surface area contributed by atoms with Gasteiger partial charge in [0.25, 0.3) is 0 Å². The van der Waals surface area contributed by atoms with Crippen LogP contribution in [0, 0.1) is 7.40 Å². The van der Waals surface area contributed by atoms with Gasteiger partial charge < -0.3 is 18.6 Å². The van der Waals surface area contributed by atoms with Crippen molar-refractivity contribution in [2.24, 2.45) is 0 Å². The Kier molecular flexibility index (Phi) is 6.82. The molecule has 6 rings (SSSR count). The molecule has 0 radical (unpaired) electrons. The quantitative estimate of drug-likeness (QED) is 0.189. The van der Waals surface area contributed by atoms with Gasteiger partial charge in [-0.05, 0) is 81.6 Å². The smallest absolute Gasteiger partial charge is 0.145 e. The molecular weight excluding hydrogens is 766 g/mol. The van der Waals surface area contributed by atoms with Crippen LogP contribution < -0.4 is 9.47 Å². The fraction of sp³-hybridized carbons (Fsp3) is 0.182. The number of ether oxygens (including phenoxy) is 2. The molecule has 0 N–H and O–H groups in total. The number of rotatable bonds is 0. The Morgan fingerprint density at radius 2 is 1.47 bits per heavy atom. The van der Waals surface area contributed by atoms with Crippen molar-refractivity contribution in [2.45, 2.75) is 13.1 Å². The Labute approximate surface area is 229 Å². The van der Waals surface area contributed by atoms with E-state index in [-0.39, 0.29) is 0 Å². The second-order valence-electron chi connectivity index (χ2n) is 7.09. The predicted octanol–water partition coefficient (Wildman–Crippen LogP) is 6.62. The van der Waals surface area contributed by atoms with E-state index in [0.717, 1.165) is 60.0 Å². The highest BCUT2D eigenvalue weighted by Gasteiger charge is 2.21. The Bertz CT molecular complexity index is 1310. The van der Waals surface area contributed by atoms with Gasteiger partial charge in [-0.2, -0.15) is 0 Å². The summed E-state index contributed by atoms with van der Waals surface area (Å²) in [4.78, 5) is 8.98. The van der Waals surface area contributed by atoms with Crippen molar-refractivity contribution in [3.8, 4) is 34.3 Å². The maximum absolute atomic E-state index is 5.77. The van der Waals surface area contributed by atoms with Crippen molar-refractivity contribution < 1.29 is 9.47 Å². The van der Waals surface area contributed by atoms with Crippen molar-refractivity contribution in [3.63, 3.8) is 0 Å². The van der Waals surface area contributed by atoms with Crippen LogP contribution in [0.1, 0.15) is 0 Å². The minimum atomic E-state index is 0.679. The standard InChI is InChI=1S/C11H7BrI2N2O.C11H9BrN2O/c12-6-1-2-7-8(5-6)17-4-3-16-10(14)9(13)15-11(7)16;12-8-1-2-9-10(7-8)15-6-5-14-4-3-13-11(9)14/h1-2,5H,3-4H2;1-4,7H,5-6H2. The van der Waals surface area contributed by atoms with Gasteiger partial charge in [0.1, 0.15) is 43.8 Å². The van der Waals surface area contributed by atoms with Crippen LogP contribution in [0.5, 0.6) is 11.5 Å². The highest BCUT2D eigenvalue weighted by atomic mass is 127. The van der Waals surface area contributed by atoms with E-state index < -0.39 is 0 Å². The molecule has 0 amide bonds. The zero-order chi connectivity index (χ0) is 22.2. The summed E-state index contributed by atoms with van der Waals surface area (Å²) in [6, 6.07) is 12.1. The molecule has 4 heterocycles. The SMILES string of the molecule is Brc1ccc2c(c1)OCCn1c-2nc(I)c1I.Brc1ccc2c(c1)OCCn1ccnc1-2. The predicted molar refractivity (Wildman–Crippen MR) is 147 cm³/mol. The third-order valence-electron chi connectivity index (χ3n) is 5.11. The van der Waals surface area contributed by atoms with Crippen LogP contribution >= 0.6 is 77.0 Å². The third-order valence-corrected chi connectivity index (χ3v) is 8.98. The molecule has 2 aromatic heterocycles. The van der Waals surface area contributed by atoms with E-state index in [9.17, 15) is 0 Å². The van der Waals surface area contributed by atoms with Crippen LogP contribution in [0.25, 0.3) is 22.8 Å². The van der Waals surface area contributed by atoms with Gasteiger partial charge in [0.05, 0.1) is 24.2 Å². The molecule has 2 aliphatic heterocycles. The third kappa shape index (κ3) is 4.47. The molecule has 0 atom stereocenters. The van der Waals surface area contributed by atoms with Crippen molar-refractivity contribution in [1.82, 2.24) is 19.1 Å². The zero-order valence-corrected chi connectivity index (χ0v) is 24.1. The van der Waals surface area contributed by atoms with Gasteiger partial charge in [-0.1, -0.05) is 31.9 Å². The van der Waals surface area contributed by atoms with Gasteiger partial charge in [-0.25, -0.2) is 9.97 Å². The van der Waals surface area contributed by atoms with Gasteiger partial charge in [0, 0.05) is 21.3 Å². The molecule has 2 aliphatic rings. The van der Waals surface area contributed by atoms with Crippen molar-refractivity contribution in [3.05, 3.63) is 65.1 Å². The van der Waals surface area contributed by atoms with Crippen LogP contribution in [0.3, 0.4) is 0 Å². The van der Waals surface area contributed by atoms with E-state index in [0.29, 0.717) is 13.2 Å². The minimum absolute atomic E-state index is 0.679. The number of imidazole rings is 2. The first-order valence-electron chi connectivity index (χ1n) is 9.79. The van der Waals surface area contributed by atoms with E-state index in [1.165, 1.54) is 3.70 Å². The first-order valence-corrected chi connectivity index (χ1v) is 13.5. The lowest BCUT2D eigenvalue weighted by molar-refractivity contribution is 0.305. The topological polar surface area (TPSA) is 54.1 Å². The molecule has 0 fully saturated rings. The molecule has 2 aromatic carbocycles. The summed E-state index contributed by atoms with van der Waals surface area (Å²) < 4.78 is 20.1. The first-order chi connectivity index (χ1) is 15.5. The maximum Gasteiger partial charge on any atom is 0.145 e. The number of hydrogen-bond donors (Lipinski definition) is 0. The Morgan fingerprint density at radius 1 is 0.844 bits per heavy atom. The molecule has 0 unspecified atom stereocenters. The molecular formula is C22H16Br2I2N4O2. The van der Waals surface area contributed by atoms with E-state index in [4.69, 9.17) is 9.47 Å². The summed E-state index contributed by atoms with van der Waals surface area (Å²) in [5.74, 6) is 3.78. The summed E-state index contributed by atoms with van der Waals surface area (Å²) in [5.41, 5.74) is 2.12. The minimum Gasteiger partial charge on any atom is -0.491 e. The molecule has 164 valence electrons. The summed E-state index contributed by atoms with van der Waals surface area (Å²) in [7, 11) is 0. The summed E-state index contributed by atoms with van der Waals surface area (Å²) in [6.07, 6.45) is 3.81. The van der Waals surface area contributed by atoms with Gasteiger partial charge >= 0.3 is 0 Å². The van der Waals surface area contributed by atoms with E-state index >= 15 is 0 Å². The number of aromatic nitrogens is 4. The first kappa shape index (κ1) is 22.7. The fourth-order valence-corrected chi connectivity index (χ4v) is 5.44. The maximum atomic E-state index is 5.77. The lowest BCUT2D eigenvalue weighted by Gasteiger charge is -2.05. The van der Waals surface area contributed by atoms with E-state index in [1.807, 2.05) is 42.7 Å². The van der Waals surface area contributed by atoms with Gasteiger partial charge in [-0.3, -0.25) is 0 Å². The van der Waals surface area contributed by atoms with Crippen LogP contribution in [0.15, 0.2) is 57.7 Å². The zero-order valence-electron chi connectivity index (χ0n) is 16.6. The molecule has 6 nitrogen and oxygen atoms in total. The molecule has 32 heavy (non-hydrogen) atoms. The number of halogens is 4. The number of fused-ring (bicyclic) bond motifs is 6. The highest BCUT2D eigenvalue weighted by Crippen LogP contribution is 2.36. The lowest BCUT2D eigenvalue weighted by atomic mass is 10.2. The molecule has 0 spiro atoms. The van der Waals surface area contributed by atoms with Gasteiger partial charge in [0.2, 0.25) is 0 Å². The normalized spacial score (nSPS) is 13.6. The Hall–Kier alpha value is -1.12. The molecule has 0 bridgehead atoms. The molecule has 0 saturated heterocycles. The average Bonchev–Trinajstić information content (AvgIpc) is 3.23. The van der Waals surface area contributed by atoms with E-state index in [2.05, 4.69) is 102 Å². The van der Waals surface area contributed by atoms with Crippen LogP contribution in [0.2, 0.25) is 0 Å². The molecule has 4 aromatic rings. The van der Waals surface area contributed by atoms with Crippen LogP contribution in [-0.2, 0) is 13.1 Å². The summed E-state index contributed by atoms with van der Waals surface area (Å²) >= 11 is 11.5. The highest BCUT2D eigenvalue weighted by molar-refractivity contribution is 14.1. The lowest BCUT2D eigenvalue weighted by Crippen LogP contribution is -2.07. The van der Waals surface area contributed by atoms with Crippen molar-refractivity contribution >= 4 is 77.0 Å². The summed E-state index contributed by atoms with van der Waals surface area (Å²) in [6.45, 7) is 3.06. The Morgan fingerprint density at radius 3 is 2.16 bits per heavy atom. The monoisotopic (exact) mass is 780 g/mol. The van der Waals surface area contributed by atoms with Crippen molar-refractivity contribution in [2.75, 3.05) is 13.2 Å². The van der Waals surface area contributed by atoms with E-state index in [1.54, 1.807) is 0 Å². The number of benzene rings is 2. The van der Waals surface area contributed by atoms with Crippen molar-refractivity contribution in [1.29, 1.82) is 0 Å². The number of hydrogen-bond acceptors (Lipinski definition) is 4. The van der Waals surface area contributed by atoms with Crippen LogP contribution in [-0.4, -0.2) is 32.3 Å². The summed E-state index contributed by atoms with van der Waals surface area (Å²) in [5, 5.41) is 0. The largest absolute Gasteiger partial charge is 0.491 e. The second-order valence-corrected chi connectivity index (χ2v) is 11.0. The molecule has 0 aliphatic carbocycles. The molecule has 10 heteroatoms. The molecule has 0 saturated carbocycles. The second kappa shape index (κ2) is 9.63. The van der Waals surface area contributed by atoms with Gasteiger partial charge in [-0.15, -0.1) is 0 Å². The average molecular weight is 782 g/mol. The van der Waals surface area contributed by atoms with Crippen LogP contribution in [0.4, 0.5) is 0 Å². The number of nitrogens with zero attached hydrogens (tertiary/aromatic N) is 4.